The standard InChI is InChI=1S/C14H25NO3/c1-3-4-10-18-14(17)11-13(16)15(2)12-8-6-5-7-9-12/h12H,3-11H2,1-2H3. The van der Waals surface area contributed by atoms with E-state index in [2.05, 4.69) is 0 Å². The van der Waals surface area contributed by atoms with Crippen LogP contribution < -0.4 is 0 Å². The summed E-state index contributed by atoms with van der Waals surface area (Å²) in [6.45, 7) is 2.46. The SMILES string of the molecule is CCCCOC(=O)CC(=O)N(C)C1CCCCC1. The molecule has 4 nitrogen and oxygen atoms in total. The maximum atomic E-state index is 11.9. The Hall–Kier alpha value is -1.06. The molecule has 4 heteroatoms. The van der Waals surface area contributed by atoms with E-state index in [1.807, 2.05) is 6.92 Å². The van der Waals surface area contributed by atoms with Gasteiger partial charge in [0.1, 0.15) is 6.42 Å². The van der Waals surface area contributed by atoms with Crippen LogP contribution >= 0.6 is 0 Å². The van der Waals surface area contributed by atoms with Gasteiger partial charge in [0.15, 0.2) is 0 Å². The first-order valence-electron chi connectivity index (χ1n) is 7.06. The van der Waals surface area contributed by atoms with Crippen molar-refractivity contribution in [3.63, 3.8) is 0 Å². The molecule has 0 spiro atoms. The minimum absolute atomic E-state index is 0.108. The van der Waals surface area contributed by atoms with Gasteiger partial charge >= 0.3 is 5.97 Å². The van der Waals surface area contributed by atoms with Crippen LogP contribution in [0.3, 0.4) is 0 Å². The molecule has 0 aromatic heterocycles. The lowest BCUT2D eigenvalue weighted by Gasteiger charge is -2.31. The first-order valence-corrected chi connectivity index (χ1v) is 7.06. The van der Waals surface area contributed by atoms with Gasteiger partial charge in [0.05, 0.1) is 6.61 Å². The fraction of sp³-hybridized carbons (Fsp3) is 0.857. The molecule has 0 aromatic carbocycles. The number of amides is 1. The number of ether oxygens (including phenoxy) is 1. The van der Waals surface area contributed by atoms with Crippen LogP contribution in [-0.4, -0.2) is 36.5 Å². The highest BCUT2D eigenvalue weighted by atomic mass is 16.5. The molecule has 1 amide bonds. The molecule has 1 fully saturated rings. The Kier molecular flexibility index (Phi) is 6.76. The molecule has 1 rings (SSSR count). The Morgan fingerprint density at radius 2 is 1.89 bits per heavy atom. The molecule has 0 aromatic rings. The predicted molar refractivity (Wildman–Crippen MR) is 70.1 cm³/mol. The Bertz CT molecular complexity index is 272. The van der Waals surface area contributed by atoms with Crippen LogP contribution in [0.5, 0.6) is 0 Å². The fourth-order valence-electron chi connectivity index (χ4n) is 2.30. The van der Waals surface area contributed by atoms with Crippen LogP contribution in [0.2, 0.25) is 0 Å². The highest BCUT2D eigenvalue weighted by molar-refractivity contribution is 5.94. The van der Waals surface area contributed by atoms with Gasteiger partial charge in [-0.05, 0) is 19.3 Å². The summed E-state index contributed by atoms with van der Waals surface area (Å²) in [5.41, 5.74) is 0. The summed E-state index contributed by atoms with van der Waals surface area (Å²) in [4.78, 5) is 25.1. The molecule has 0 heterocycles. The molecule has 18 heavy (non-hydrogen) atoms. The number of carbonyl (C=O) groups excluding carboxylic acids is 2. The maximum absolute atomic E-state index is 11.9. The minimum atomic E-state index is -0.392. The average Bonchev–Trinajstić information content (AvgIpc) is 2.39. The smallest absolute Gasteiger partial charge is 0.315 e. The van der Waals surface area contributed by atoms with Gasteiger partial charge in [0.25, 0.3) is 0 Å². The summed E-state index contributed by atoms with van der Waals surface area (Å²) in [5.74, 6) is -0.500. The molecule has 0 bridgehead atoms. The van der Waals surface area contributed by atoms with Crippen molar-refractivity contribution in [2.75, 3.05) is 13.7 Å². The van der Waals surface area contributed by atoms with Crippen molar-refractivity contribution in [2.24, 2.45) is 0 Å². The number of esters is 1. The van der Waals surface area contributed by atoms with Gasteiger partial charge in [-0.1, -0.05) is 32.6 Å². The number of rotatable bonds is 6. The van der Waals surface area contributed by atoms with E-state index < -0.39 is 5.97 Å². The van der Waals surface area contributed by atoms with Crippen molar-refractivity contribution in [3.05, 3.63) is 0 Å². The number of hydrogen-bond donors (Lipinski definition) is 0. The Morgan fingerprint density at radius 3 is 2.50 bits per heavy atom. The zero-order valence-corrected chi connectivity index (χ0v) is 11.6. The first kappa shape index (κ1) is 15.0. The topological polar surface area (TPSA) is 46.6 Å². The first-order chi connectivity index (χ1) is 8.65. The molecule has 1 aliphatic carbocycles. The van der Waals surface area contributed by atoms with Crippen LogP contribution in [0.1, 0.15) is 58.3 Å². The quantitative estimate of drug-likeness (QED) is 0.416. The lowest BCUT2D eigenvalue weighted by Crippen LogP contribution is -2.39. The second-order valence-corrected chi connectivity index (χ2v) is 5.05. The molecule has 1 aliphatic rings. The fourth-order valence-corrected chi connectivity index (χ4v) is 2.30. The summed E-state index contributed by atoms with van der Waals surface area (Å²) in [5, 5.41) is 0. The zero-order valence-electron chi connectivity index (χ0n) is 11.6. The summed E-state index contributed by atoms with van der Waals surface area (Å²) in [6, 6.07) is 0.315. The molecule has 0 radical (unpaired) electrons. The van der Waals surface area contributed by atoms with Crippen molar-refractivity contribution < 1.29 is 14.3 Å². The van der Waals surface area contributed by atoms with Crippen molar-refractivity contribution in [1.29, 1.82) is 0 Å². The van der Waals surface area contributed by atoms with Gasteiger partial charge < -0.3 is 9.64 Å². The van der Waals surface area contributed by atoms with Gasteiger partial charge in [-0.2, -0.15) is 0 Å². The third-order valence-corrected chi connectivity index (χ3v) is 3.57. The molecule has 104 valence electrons. The van der Waals surface area contributed by atoms with E-state index in [0.717, 1.165) is 25.7 Å². The van der Waals surface area contributed by atoms with Gasteiger partial charge in [-0.25, -0.2) is 0 Å². The Labute approximate surface area is 110 Å². The van der Waals surface area contributed by atoms with E-state index in [-0.39, 0.29) is 12.3 Å². The lowest BCUT2D eigenvalue weighted by molar-refractivity contribution is -0.149. The third-order valence-electron chi connectivity index (χ3n) is 3.57. The maximum Gasteiger partial charge on any atom is 0.315 e. The summed E-state index contributed by atoms with van der Waals surface area (Å²) < 4.78 is 5.00. The molecular formula is C14H25NO3. The van der Waals surface area contributed by atoms with E-state index in [1.54, 1.807) is 11.9 Å². The van der Waals surface area contributed by atoms with Gasteiger partial charge in [-0.15, -0.1) is 0 Å². The molecule has 0 saturated heterocycles. The highest BCUT2D eigenvalue weighted by Crippen LogP contribution is 2.22. The van der Waals surface area contributed by atoms with Crippen LogP contribution in [0.15, 0.2) is 0 Å². The van der Waals surface area contributed by atoms with Crippen LogP contribution in [0.4, 0.5) is 0 Å². The summed E-state index contributed by atoms with van der Waals surface area (Å²) in [7, 11) is 1.80. The van der Waals surface area contributed by atoms with E-state index in [0.29, 0.717) is 12.6 Å². The largest absolute Gasteiger partial charge is 0.465 e. The van der Waals surface area contributed by atoms with Gasteiger partial charge in [0, 0.05) is 13.1 Å². The van der Waals surface area contributed by atoms with E-state index in [9.17, 15) is 9.59 Å². The summed E-state index contributed by atoms with van der Waals surface area (Å²) in [6.07, 6.45) is 7.49. The Morgan fingerprint density at radius 1 is 1.22 bits per heavy atom. The molecule has 0 N–H and O–H groups in total. The molecule has 0 unspecified atom stereocenters. The normalized spacial score (nSPS) is 16.3. The molecule has 1 saturated carbocycles. The number of nitrogens with zero attached hydrogens (tertiary/aromatic N) is 1. The average molecular weight is 255 g/mol. The third kappa shape index (κ3) is 5.07. The monoisotopic (exact) mass is 255 g/mol. The van der Waals surface area contributed by atoms with E-state index in [4.69, 9.17) is 4.74 Å². The van der Waals surface area contributed by atoms with Crippen molar-refractivity contribution in [1.82, 2.24) is 4.90 Å². The lowest BCUT2D eigenvalue weighted by atomic mass is 9.94. The Balaban J connectivity index is 2.27. The number of unbranched alkanes of at least 4 members (excludes halogenated alkanes) is 1. The number of carbonyl (C=O) groups is 2. The second-order valence-electron chi connectivity index (χ2n) is 5.05. The van der Waals surface area contributed by atoms with Crippen molar-refractivity contribution in [2.45, 2.75) is 64.3 Å². The highest BCUT2D eigenvalue weighted by Gasteiger charge is 2.23. The van der Waals surface area contributed by atoms with Crippen LogP contribution in [-0.2, 0) is 14.3 Å². The predicted octanol–water partition coefficient (Wildman–Crippen LogP) is 2.51. The van der Waals surface area contributed by atoms with Crippen LogP contribution in [0.25, 0.3) is 0 Å². The van der Waals surface area contributed by atoms with E-state index >= 15 is 0 Å². The molecule has 0 atom stereocenters. The van der Waals surface area contributed by atoms with Gasteiger partial charge in [0.2, 0.25) is 5.91 Å². The van der Waals surface area contributed by atoms with E-state index in [1.165, 1.54) is 19.3 Å². The zero-order chi connectivity index (χ0) is 13.4. The second kappa shape index (κ2) is 8.11. The number of hydrogen-bond acceptors (Lipinski definition) is 3. The minimum Gasteiger partial charge on any atom is -0.465 e. The van der Waals surface area contributed by atoms with Crippen LogP contribution in [0, 0.1) is 0 Å². The summed E-state index contributed by atoms with van der Waals surface area (Å²) >= 11 is 0. The van der Waals surface area contributed by atoms with Crippen molar-refractivity contribution >= 4 is 11.9 Å². The molecular weight excluding hydrogens is 230 g/mol. The van der Waals surface area contributed by atoms with Crippen molar-refractivity contribution in [3.8, 4) is 0 Å². The molecule has 0 aliphatic heterocycles. The van der Waals surface area contributed by atoms with Gasteiger partial charge in [-0.3, -0.25) is 9.59 Å².